The zero-order chi connectivity index (χ0) is 13.0. The minimum atomic E-state index is 0.633. The molecule has 0 atom stereocenters. The van der Waals surface area contributed by atoms with Gasteiger partial charge in [-0.2, -0.15) is 0 Å². The lowest BCUT2D eigenvalue weighted by Crippen LogP contribution is -2.02. The van der Waals surface area contributed by atoms with Gasteiger partial charge in [-0.15, -0.1) is 0 Å². The molecule has 2 aromatic rings. The largest absolute Gasteiger partial charge is 0.456 e. The van der Waals surface area contributed by atoms with E-state index >= 15 is 0 Å². The first-order valence-electron chi connectivity index (χ1n) is 5.61. The van der Waals surface area contributed by atoms with E-state index in [1.54, 1.807) is 12.1 Å². The van der Waals surface area contributed by atoms with E-state index in [2.05, 4.69) is 15.9 Å². The molecule has 0 amide bonds. The van der Waals surface area contributed by atoms with Crippen molar-refractivity contribution in [3.05, 3.63) is 57.5 Å². The van der Waals surface area contributed by atoms with Crippen LogP contribution in [0.25, 0.3) is 0 Å². The molecule has 0 spiro atoms. The van der Waals surface area contributed by atoms with Gasteiger partial charge in [-0.3, -0.25) is 0 Å². The molecule has 0 heterocycles. The molecular formula is C14H13BrClNO. The summed E-state index contributed by atoms with van der Waals surface area (Å²) in [6, 6.07) is 13.4. The number of rotatable bonds is 4. The molecule has 2 nitrogen and oxygen atoms in total. The van der Waals surface area contributed by atoms with Gasteiger partial charge in [0.1, 0.15) is 11.5 Å². The molecule has 0 aliphatic carbocycles. The van der Waals surface area contributed by atoms with Crippen molar-refractivity contribution < 1.29 is 4.74 Å². The Morgan fingerprint density at radius 3 is 2.72 bits per heavy atom. The summed E-state index contributed by atoms with van der Waals surface area (Å²) in [5, 5.41) is 0.672. The van der Waals surface area contributed by atoms with Crippen LogP contribution in [0.1, 0.15) is 5.56 Å². The van der Waals surface area contributed by atoms with Gasteiger partial charge in [-0.05, 0) is 64.8 Å². The van der Waals surface area contributed by atoms with E-state index in [1.165, 1.54) is 5.56 Å². The average molecular weight is 327 g/mol. The lowest BCUT2D eigenvalue weighted by Gasteiger charge is -2.09. The van der Waals surface area contributed by atoms with Crippen LogP contribution >= 0.6 is 27.5 Å². The first-order chi connectivity index (χ1) is 8.69. The first kappa shape index (κ1) is 13.4. The van der Waals surface area contributed by atoms with Crippen LogP contribution in [-0.4, -0.2) is 6.54 Å². The van der Waals surface area contributed by atoms with E-state index in [1.807, 2.05) is 30.3 Å². The fourth-order valence-electron chi connectivity index (χ4n) is 1.62. The van der Waals surface area contributed by atoms with Crippen LogP contribution in [0.15, 0.2) is 46.9 Å². The molecule has 0 aliphatic rings. The summed E-state index contributed by atoms with van der Waals surface area (Å²) in [5.41, 5.74) is 6.71. The SMILES string of the molecule is NCCc1cccc(Oc2ccc(Cl)cc2Br)c1. The number of nitrogens with two attached hydrogens (primary N) is 1. The second kappa shape index (κ2) is 6.23. The third-order valence-electron chi connectivity index (χ3n) is 2.45. The highest BCUT2D eigenvalue weighted by molar-refractivity contribution is 9.10. The summed E-state index contributed by atoms with van der Waals surface area (Å²) in [7, 11) is 0. The van der Waals surface area contributed by atoms with Gasteiger partial charge in [-0.25, -0.2) is 0 Å². The number of benzene rings is 2. The van der Waals surface area contributed by atoms with E-state index in [0.29, 0.717) is 11.6 Å². The maximum atomic E-state index is 5.89. The number of ether oxygens (including phenoxy) is 1. The van der Waals surface area contributed by atoms with Gasteiger partial charge in [0.05, 0.1) is 4.47 Å². The molecule has 2 aromatic carbocycles. The monoisotopic (exact) mass is 325 g/mol. The van der Waals surface area contributed by atoms with Crippen LogP contribution in [-0.2, 0) is 6.42 Å². The molecule has 0 saturated heterocycles. The highest BCUT2D eigenvalue weighted by Crippen LogP contribution is 2.32. The molecule has 0 bridgehead atoms. The van der Waals surface area contributed by atoms with Crippen molar-refractivity contribution in [2.24, 2.45) is 5.73 Å². The second-order valence-corrected chi connectivity index (χ2v) is 5.15. The molecule has 2 N–H and O–H groups in total. The van der Waals surface area contributed by atoms with Crippen LogP contribution in [0, 0.1) is 0 Å². The summed E-state index contributed by atoms with van der Waals surface area (Å²) < 4.78 is 6.64. The van der Waals surface area contributed by atoms with Crippen LogP contribution in [0.2, 0.25) is 5.02 Å². The zero-order valence-corrected chi connectivity index (χ0v) is 12.0. The molecule has 94 valence electrons. The van der Waals surface area contributed by atoms with E-state index < -0.39 is 0 Å². The normalized spacial score (nSPS) is 10.4. The van der Waals surface area contributed by atoms with Crippen molar-refractivity contribution >= 4 is 27.5 Å². The summed E-state index contributed by atoms with van der Waals surface area (Å²) in [6.45, 7) is 0.633. The highest BCUT2D eigenvalue weighted by Gasteiger charge is 2.04. The van der Waals surface area contributed by atoms with Gasteiger partial charge in [-0.1, -0.05) is 23.7 Å². The Kier molecular flexibility index (Phi) is 4.64. The van der Waals surface area contributed by atoms with Crippen molar-refractivity contribution in [2.75, 3.05) is 6.54 Å². The summed E-state index contributed by atoms with van der Waals surface area (Å²) in [5.74, 6) is 1.54. The molecule has 2 rings (SSSR count). The average Bonchev–Trinajstić information content (AvgIpc) is 2.34. The predicted octanol–water partition coefficient (Wildman–Crippen LogP) is 4.40. The van der Waals surface area contributed by atoms with E-state index in [4.69, 9.17) is 22.1 Å². The third kappa shape index (κ3) is 3.48. The Labute approximate surface area is 120 Å². The van der Waals surface area contributed by atoms with Crippen molar-refractivity contribution in [2.45, 2.75) is 6.42 Å². The lowest BCUT2D eigenvalue weighted by molar-refractivity contribution is 0.479. The highest BCUT2D eigenvalue weighted by atomic mass is 79.9. The van der Waals surface area contributed by atoms with E-state index in [9.17, 15) is 0 Å². The maximum absolute atomic E-state index is 5.89. The molecule has 0 unspecified atom stereocenters. The Bertz CT molecular complexity index is 545. The second-order valence-electron chi connectivity index (χ2n) is 3.86. The molecule has 0 saturated carbocycles. The molecule has 0 radical (unpaired) electrons. The molecule has 0 aliphatic heterocycles. The molecule has 4 heteroatoms. The minimum absolute atomic E-state index is 0.633. The predicted molar refractivity (Wildman–Crippen MR) is 78.4 cm³/mol. The van der Waals surface area contributed by atoms with Gasteiger partial charge in [0.2, 0.25) is 0 Å². The standard InChI is InChI=1S/C14H13BrClNO/c15-13-9-11(16)4-5-14(13)18-12-3-1-2-10(8-12)6-7-17/h1-5,8-9H,6-7,17H2. The summed E-state index contributed by atoms with van der Waals surface area (Å²) in [6.07, 6.45) is 0.846. The van der Waals surface area contributed by atoms with Crippen LogP contribution in [0.5, 0.6) is 11.5 Å². The van der Waals surface area contributed by atoms with Crippen LogP contribution in [0.3, 0.4) is 0 Å². The van der Waals surface area contributed by atoms with Gasteiger partial charge in [0.15, 0.2) is 0 Å². The van der Waals surface area contributed by atoms with E-state index in [-0.39, 0.29) is 0 Å². The quantitative estimate of drug-likeness (QED) is 0.904. The number of hydrogen-bond acceptors (Lipinski definition) is 2. The fourth-order valence-corrected chi connectivity index (χ4v) is 2.38. The van der Waals surface area contributed by atoms with E-state index in [0.717, 1.165) is 22.4 Å². The van der Waals surface area contributed by atoms with Gasteiger partial charge >= 0.3 is 0 Å². The topological polar surface area (TPSA) is 35.2 Å². The lowest BCUT2D eigenvalue weighted by atomic mass is 10.1. The summed E-state index contributed by atoms with van der Waals surface area (Å²) >= 11 is 9.31. The van der Waals surface area contributed by atoms with Crippen LogP contribution in [0.4, 0.5) is 0 Å². The first-order valence-corrected chi connectivity index (χ1v) is 6.78. The zero-order valence-electron chi connectivity index (χ0n) is 9.70. The van der Waals surface area contributed by atoms with Crippen molar-refractivity contribution in [1.82, 2.24) is 0 Å². The Hall–Kier alpha value is -1.03. The molecule has 0 aromatic heterocycles. The minimum Gasteiger partial charge on any atom is -0.456 e. The number of halogens is 2. The van der Waals surface area contributed by atoms with Crippen LogP contribution < -0.4 is 10.5 Å². The van der Waals surface area contributed by atoms with Gasteiger partial charge < -0.3 is 10.5 Å². The maximum Gasteiger partial charge on any atom is 0.141 e. The fraction of sp³-hybridized carbons (Fsp3) is 0.143. The van der Waals surface area contributed by atoms with Crippen molar-refractivity contribution in [3.8, 4) is 11.5 Å². The van der Waals surface area contributed by atoms with Crippen molar-refractivity contribution in [1.29, 1.82) is 0 Å². The Balaban J connectivity index is 2.20. The third-order valence-corrected chi connectivity index (χ3v) is 3.31. The van der Waals surface area contributed by atoms with Crippen molar-refractivity contribution in [3.63, 3.8) is 0 Å². The Morgan fingerprint density at radius 2 is 2.00 bits per heavy atom. The van der Waals surface area contributed by atoms with Gasteiger partial charge in [0.25, 0.3) is 0 Å². The smallest absolute Gasteiger partial charge is 0.141 e. The number of hydrogen-bond donors (Lipinski definition) is 1. The molecular weight excluding hydrogens is 314 g/mol. The summed E-state index contributed by atoms with van der Waals surface area (Å²) in [4.78, 5) is 0. The molecule has 18 heavy (non-hydrogen) atoms. The van der Waals surface area contributed by atoms with Gasteiger partial charge in [0, 0.05) is 5.02 Å². The molecule has 0 fully saturated rings. The Morgan fingerprint density at radius 1 is 1.17 bits per heavy atom.